The highest BCUT2D eigenvalue weighted by molar-refractivity contribution is 5.77. The Labute approximate surface area is 106 Å². The first-order valence-corrected chi connectivity index (χ1v) is 5.80. The van der Waals surface area contributed by atoms with Gasteiger partial charge in [0.25, 0.3) is 0 Å². The van der Waals surface area contributed by atoms with Crippen LogP contribution in [-0.4, -0.2) is 28.3 Å². The van der Waals surface area contributed by atoms with Crippen molar-refractivity contribution in [3.05, 3.63) is 29.8 Å². The molecule has 0 radical (unpaired) electrons. The fourth-order valence-corrected chi connectivity index (χ4v) is 1.47. The molecule has 18 heavy (non-hydrogen) atoms. The van der Waals surface area contributed by atoms with Crippen LogP contribution < -0.4 is 10.5 Å². The Hall–Kier alpha value is -1.59. The predicted octanol–water partition coefficient (Wildman–Crippen LogP) is 1.14. The zero-order chi connectivity index (χ0) is 13.6. The monoisotopic (exact) mass is 253 g/mol. The smallest absolute Gasteiger partial charge is 0.323 e. The van der Waals surface area contributed by atoms with Crippen LogP contribution in [0.3, 0.4) is 0 Å². The second kappa shape index (κ2) is 6.37. The molecule has 1 unspecified atom stereocenters. The normalized spacial score (nSPS) is 13.9. The Bertz CT molecular complexity index is 404. The molecule has 0 saturated heterocycles. The summed E-state index contributed by atoms with van der Waals surface area (Å²) in [6.07, 6.45) is 0.907. The van der Waals surface area contributed by atoms with Gasteiger partial charge in [0.05, 0.1) is 13.2 Å². The van der Waals surface area contributed by atoms with E-state index in [1.165, 1.54) is 6.92 Å². The van der Waals surface area contributed by atoms with Gasteiger partial charge in [-0.05, 0) is 37.5 Å². The van der Waals surface area contributed by atoms with Crippen molar-refractivity contribution in [3.8, 4) is 5.75 Å². The van der Waals surface area contributed by atoms with Crippen molar-refractivity contribution in [1.29, 1.82) is 0 Å². The lowest BCUT2D eigenvalue weighted by Crippen LogP contribution is -2.44. The molecule has 0 amide bonds. The van der Waals surface area contributed by atoms with Gasteiger partial charge in [0.15, 0.2) is 0 Å². The van der Waals surface area contributed by atoms with Crippen LogP contribution in [0.15, 0.2) is 24.3 Å². The summed E-state index contributed by atoms with van der Waals surface area (Å²) in [7, 11) is 0. The maximum Gasteiger partial charge on any atom is 0.323 e. The van der Waals surface area contributed by atoms with Crippen molar-refractivity contribution in [1.82, 2.24) is 0 Å². The predicted molar refractivity (Wildman–Crippen MR) is 67.3 cm³/mol. The van der Waals surface area contributed by atoms with Crippen molar-refractivity contribution in [3.63, 3.8) is 0 Å². The summed E-state index contributed by atoms with van der Waals surface area (Å²) in [5, 5.41) is 17.8. The van der Waals surface area contributed by atoms with Gasteiger partial charge in [0.1, 0.15) is 11.3 Å². The highest BCUT2D eigenvalue weighted by Gasteiger charge is 2.26. The molecule has 5 nitrogen and oxygen atoms in total. The van der Waals surface area contributed by atoms with Crippen LogP contribution in [0.2, 0.25) is 0 Å². The fraction of sp³-hybridized carbons (Fsp3) is 0.462. The van der Waals surface area contributed by atoms with Crippen LogP contribution >= 0.6 is 0 Å². The van der Waals surface area contributed by atoms with Crippen molar-refractivity contribution in [2.75, 3.05) is 6.61 Å². The van der Waals surface area contributed by atoms with Gasteiger partial charge in [0, 0.05) is 0 Å². The molecule has 0 aliphatic heterocycles. The van der Waals surface area contributed by atoms with Crippen molar-refractivity contribution < 1.29 is 19.7 Å². The SMILES string of the molecule is CC(N)(CCCOc1cccc(CO)c1)C(=O)O. The lowest BCUT2D eigenvalue weighted by molar-refractivity contribution is -0.142. The summed E-state index contributed by atoms with van der Waals surface area (Å²) >= 11 is 0. The second-order valence-electron chi connectivity index (χ2n) is 4.48. The quantitative estimate of drug-likeness (QED) is 0.634. The Morgan fingerprint density at radius 3 is 2.83 bits per heavy atom. The van der Waals surface area contributed by atoms with E-state index in [-0.39, 0.29) is 6.61 Å². The fourth-order valence-electron chi connectivity index (χ4n) is 1.47. The Kier molecular flexibility index (Phi) is 5.12. The second-order valence-corrected chi connectivity index (χ2v) is 4.48. The Balaban J connectivity index is 2.36. The van der Waals surface area contributed by atoms with Gasteiger partial charge in [-0.15, -0.1) is 0 Å². The average Bonchev–Trinajstić information content (AvgIpc) is 2.35. The van der Waals surface area contributed by atoms with Crippen LogP contribution in [0.25, 0.3) is 0 Å². The Morgan fingerprint density at radius 1 is 1.50 bits per heavy atom. The van der Waals surface area contributed by atoms with Crippen molar-refractivity contribution in [2.24, 2.45) is 5.73 Å². The number of nitrogens with two attached hydrogens (primary N) is 1. The first-order valence-electron chi connectivity index (χ1n) is 5.80. The summed E-state index contributed by atoms with van der Waals surface area (Å²) in [5.41, 5.74) is 5.16. The number of ether oxygens (including phenoxy) is 1. The third-order valence-corrected chi connectivity index (χ3v) is 2.68. The van der Waals surface area contributed by atoms with E-state index in [0.29, 0.717) is 25.2 Å². The number of carboxylic acid groups (broad SMARTS) is 1. The molecule has 4 N–H and O–H groups in total. The number of carbonyl (C=O) groups is 1. The van der Waals surface area contributed by atoms with Gasteiger partial charge >= 0.3 is 5.97 Å². The lowest BCUT2D eigenvalue weighted by atomic mass is 9.98. The number of aliphatic hydroxyl groups is 1. The van der Waals surface area contributed by atoms with E-state index in [1.54, 1.807) is 24.3 Å². The maximum absolute atomic E-state index is 10.8. The van der Waals surface area contributed by atoms with Crippen LogP contribution in [0, 0.1) is 0 Å². The number of aliphatic carboxylic acids is 1. The summed E-state index contributed by atoms with van der Waals surface area (Å²) in [4.78, 5) is 10.8. The summed E-state index contributed by atoms with van der Waals surface area (Å²) in [5.74, 6) is -0.347. The van der Waals surface area contributed by atoms with Gasteiger partial charge in [-0.2, -0.15) is 0 Å². The van der Waals surface area contributed by atoms with Crippen LogP contribution in [0.4, 0.5) is 0 Å². The molecule has 5 heteroatoms. The minimum absolute atomic E-state index is 0.0307. The molecule has 0 heterocycles. The molecule has 1 atom stereocenters. The minimum Gasteiger partial charge on any atom is -0.494 e. The zero-order valence-electron chi connectivity index (χ0n) is 10.4. The van der Waals surface area contributed by atoms with Gasteiger partial charge in [-0.25, -0.2) is 0 Å². The Morgan fingerprint density at radius 2 is 2.22 bits per heavy atom. The third-order valence-electron chi connectivity index (χ3n) is 2.68. The first-order chi connectivity index (χ1) is 8.45. The van der Waals surface area contributed by atoms with Gasteiger partial charge in [0.2, 0.25) is 0 Å². The largest absolute Gasteiger partial charge is 0.494 e. The standard InChI is InChI=1S/C13H19NO4/c1-13(14,12(16)17)6-3-7-18-11-5-2-4-10(8-11)9-15/h2,4-5,8,15H,3,6-7,9,14H2,1H3,(H,16,17). The van der Waals surface area contributed by atoms with Crippen LogP contribution in [0.5, 0.6) is 5.75 Å². The van der Waals surface area contributed by atoms with E-state index in [0.717, 1.165) is 5.56 Å². The molecule has 0 saturated carbocycles. The molecular formula is C13H19NO4. The lowest BCUT2D eigenvalue weighted by Gasteiger charge is -2.18. The zero-order valence-corrected chi connectivity index (χ0v) is 10.4. The molecule has 1 aromatic carbocycles. The number of hydrogen-bond acceptors (Lipinski definition) is 4. The van der Waals surface area contributed by atoms with Gasteiger partial charge in [-0.1, -0.05) is 12.1 Å². The molecule has 0 aromatic heterocycles. The summed E-state index contributed by atoms with van der Waals surface area (Å²) in [6.45, 7) is 1.85. The van der Waals surface area contributed by atoms with Crippen LogP contribution in [0.1, 0.15) is 25.3 Å². The number of hydrogen-bond donors (Lipinski definition) is 3. The van der Waals surface area contributed by atoms with E-state index in [2.05, 4.69) is 0 Å². The molecule has 0 spiro atoms. The number of rotatable bonds is 7. The number of aliphatic hydroxyl groups excluding tert-OH is 1. The highest BCUT2D eigenvalue weighted by atomic mass is 16.5. The van der Waals surface area contributed by atoms with Crippen molar-refractivity contribution >= 4 is 5.97 Å². The van der Waals surface area contributed by atoms with E-state index < -0.39 is 11.5 Å². The maximum atomic E-state index is 10.8. The molecular weight excluding hydrogens is 234 g/mol. The summed E-state index contributed by atoms with van der Waals surface area (Å²) in [6, 6.07) is 7.14. The molecule has 1 rings (SSSR count). The van der Waals surface area contributed by atoms with Crippen LogP contribution in [-0.2, 0) is 11.4 Å². The minimum atomic E-state index is -1.21. The van der Waals surface area contributed by atoms with Gasteiger partial charge < -0.3 is 20.7 Å². The van der Waals surface area contributed by atoms with E-state index in [4.69, 9.17) is 20.7 Å². The molecule has 0 aliphatic rings. The average molecular weight is 253 g/mol. The molecule has 0 bridgehead atoms. The van der Waals surface area contributed by atoms with Crippen molar-refractivity contribution in [2.45, 2.75) is 31.9 Å². The third kappa shape index (κ3) is 4.35. The molecule has 1 aromatic rings. The van der Waals surface area contributed by atoms with E-state index in [1.807, 2.05) is 0 Å². The highest BCUT2D eigenvalue weighted by Crippen LogP contribution is 2.15. The molecule has 0 aliphatic carbocycles. The summed E-state index contributed by atoms with van der Waals surface area (Å²) < 4.78 is 5.46. The topological polar surface area (TPSA) is 92.8 Å². The molecule has 0 fully saturated rings. The first kappa shape index (κ1) is 14.5. The number of benzene rings is 1. The molecule has 100 valence electrons. The van der Waals surface area contributed by atoms with E-state index in [9.17, 15) is 4.79 Å². The number of carboxylic acids is 1. The van der Waals surface area contributed by atoms with E-state index >= 15 is 0 Å². The van der Waals surface area contributed by atoms with Gasteiger partial charge in [-0.3, -0.25) is 4.79 Å².